The van der Waals surface area contributed by atoms with E-state index in [-0.39, 0.29) is 0 Å². The summed E-state index contributed by atoms with van der Waals surface area (Å²) in [5.74, 6) is -2.66. The molecule has 0 atom stereocenters. The zero-order valence-corrected chi connectivity index (χ0v) is 10.8. The molecule has 0 amide bonds. The quantitative estimate of drug-likeness (QED) is 0.876. The second-order valence-corrected chi connectivity index (χ2v) is 5.85. The van der Waals surface area contributed by atoms with Crippen molar-refractivity contribution < 1.29 is 13.9 Å². The Hall–Kier alpha value is -1.16. The summed E-state index contributed by atoms with van der Waals surface area (Å²) >= 11 is 0. The summed E-state index contributed by atoms with van der Waals surface area (Å²) in [6.45, 7) is 6.90. The highest BCUT2D eigenvalue weighted by molar-refractivity contribution is 5.30. The molecule has 4 heteroatoms. The topological polar surface area (TPSA) is 23.5 Å². The third-order valence-electron chi connectivity index (χ3n) is 3.69. The fraction of sp³-hybridized carbons (Fsp3) is 0.571. The largest absolute Gasteiger partial charge is 0.503 e. The van der Waals surface area contributed by atoms with Crippen LogP contribution in [-0.2, 0) is 6.54 Å². The van der Waals surface area contributed by atoms with Gasteiger partial charge in [0.15, 0.2) is 17.4 Å². The SMILES string of the molecule is CC1(C)CCN(Cc2cc(F)c(O)c(F)c2)CC1. The third-order valence-corrected chi connectivity index (χ3v) is 3.69. The smallest absolute Gasteiger partial charge is 0.187 e. The molecule has 2 nitrogen and oxygen atoms in total. The van der Waals surface area contributed by atoms with Crippen LogP contribution in [0.2, 0.25) is 0 Å². The molecule has 0 aliphatic carbocycles. The first kappa shape index (κ1) is 13.3. The molecular formula is C14H19F2NO. The summed E-state index contributed by atoms with van der Waals surface area (Å²) in [6.07, 6.45) is 2.19. The monoisotopic (exact) mass is 255 g/mol. The highest BCUT2D eigenvalue weighted by Gasteiger charge is 2.25. The number of hydrogen-bond acceptors (Lipinski definition) is 2. The normalized spacial score (nSPS) is 20.0. The Balaban J connectivity index is 2.03. The molecule has 18 heavy (non-hydrogen) atoms. The summed E-state index contributed by atoms with van der Waals surface area (Å²) in [5, 5.41) is 9.04. The van der Waals surface area contributed by atoms with Crippen LogP contribution < -0.4 is 0 Å². The van der Waals surface area contributed by atoms with E-state index < -0.39 is 17.4 Å². The van der Waals surface area contributed by atoms with Crippen LogP contribution in [0.4, 0.5) is 8.78 Å². The lowest BCUT2D eigenvalue weighted by atomic mass is 9.82. The second kappa shape index (κ2) is 4.84. The van der Waals surface area contributed by atoms with E-state index in [4.69, 9.17) is 5.11 Å². The lowest BCUT2D eigenvalue weighted by molar-refractivity contribution is 0.127. The van der Waals surface area contributed by atoms with Gasteiger partial charge in [-0.2, -0.15) is 0 Å². The van der Waals surface area contributed by atoms with E-state index in [0.29, 0.717) is 17.5 Å². The first-order chi connectivity index (χ1) is 8.37. The molecule has 100 valence electrons. The number of likely N-dealkylation sites (tertiary alicyclic amines) is 1. The highest BCUT2D eigenvalue weighted by Crippen LogP contribution is 2.30. The predicted molar refractivity (Wildman–Crippen MR) is 66.3 cm³/mol. The van der Waals surface area contributed by atoms with Gasteiger partial charge in [0, 0.05) is 6.54 Å². The Kier molecular flexibility index (Phi) is 3.57. The van der Waals surface area contributed by atoms with E-state index in [1.165, 1.54) is 12.1 Å². The minimum absolute atomic E-state index is 0.363. The van der Waals surface area contributed by atoms with Gasteiger partial charge in [0.1, 0.15) is 0 Å². The van der Waals surface area contributed by atoms with Crippen LogP contribution in [0.3, 0.4) is 0 Å². The van der Waals surface area contributed by atoms with Crippen LogP contribution in [0, 0.1) is 17.0 Å². The Morgan fingerprint density at radius 1 is 1.17 bits per heavy atom. The molecule has 1 aromatic carbocycles. The number of hydrogen-bond donors (Lipinski definition) is 1. The van der Waals surface area contributed by atoms with E-state index >= 15 is 0 Å². The molecule has 1 heterocycles. The van der Waals surface area contributed by atoms with Crippen molar-refractivity contribution in [2.24, 2.45) is 5.41 Å². The first-order valence-corrected chi connectivity index (χ1v) is 6.27. The van der Waals surface area contributed by atoms with Gasteiger partial charge in [-0.1, -0.05) is 13.8 Å². The van der Waals surface area contributed by atoms with Gasteiger partial charge < -0.3 is 5.11 Å². The van der Waals surface area contributed by atoms with Crippen LogP contribution >= 0.6 is 0 Å². The maximum absolute atomic E-state index is 13.2. The number of rotatable bonds is 2. The Morgan fingerprint density at radius 2 is 1.67 bits per heavy atom. The zero-order chi connectivity index (χ0) is 13.3. The van der Waals surface area contributed by atoms with E-state index in [1.54, 1.807) is 0 Å². The molecule has 1 aliphatic rings. The molecule has 1 fully saturated rings. The summed E-state index contributed by atoms with van der Waals surface area (Å²) in [5.41, 5.74) is 0.935. The van der Waals surface area contributed by atoms with Crippen LogP contribution in [0.15, 0.2) is 12.1 Å². The summed E-state index contributed by atoms with van der Waals surface area (Å²) in [4.78, 5) is 2.19. The maximum atomic E-state index is 13.2. The molecule has 0 radical (unpaired) electrons. The minimum atomic E-state index is -0.890. The average Bonchev–Trinajstić information content (AvgIpc) is 2.29. The first-order valence-electron chi connectivity index (χ1n) is 6.27. The van der Waals surface area contributed by atoms with Crippen molar-refractivity contribution in [1.29, 1.82) is 0 Å². The Bertz CT molecular complexity index is 412. The molecular weight excluding hydrogens is 236 g/mol. The van der Waals surface area contributed by atoms with E-state index in [9.17, 15) is 8.78 Å². The van der Waals surface area contributed by atoms with Gasteiger partial charge in [-0.25, -0.2) is 8.78 Å². The van der Waals surface area contributed by atoms with E-state index in [0.717, 1.165) is 25.9 Å². The number of nitrogens with zero attached hydrogens (tertiary/aromatic N) is 1. The van der Waals surface area contributed by atoms with Crippen LogP contribution in [-0.4, -0.2) is 23.1 Å². The molecule has 1 aliphatic heterocycles. The highest BCUT2D eigenvalue weighted by atomic mass is 19.1. The van der Waals surface area contributed by atoms with Crippen molar-refractivity contribution in [2.75, 3.05) is 13.1 Å². The number of phenols is 1. The van der Waals surface area contributed by atoms with Gasteiger partial charge in [-0.15, -0.1) is 0 Å². The number of aromatic hydroxyl groups is 1. The lowest BCUT2D eigenvalue weighted by Gasteiger charge is -2.36. The van der Waals surface area contributed by atoms with Crippen LogP contribution in [0.25, 0.3) is 0 Å². The number of halogens is 2. The van der Waals surface area contributed by atoms with Gasteiger partial charge in [-0.3, -0.25) is 4.90 Å². The lowest BCUT2D eigenvalue weighted by Crippen LogP contribution is -2.36. The van der Waals surface area contributed by atoms with Crippen LogP contribution in [0.1, 0.15) is 32.3 Å². The molecule has 0 spiro atoms. The molecule has 1 aromatic rings. The number of piperidine rings is 1. The fourth-order valence-electron chi connectivity index (χ4n) is 2.28. The molecule has 0 bridgehead atoms. The van der Waals surface area contributed by atoms with Crippen LogP contribution in [0.5, 0.6) is 5.75 Å². The van der Waals surface area contributed by atoms with Crippen molar-refractivity contribution in [3.63, 3.8) is 0 Å². The van der Waals surface area contributed by atoms with Crippen molar-refractivity contribution in [1.82, 2.24) is 4.90 Å². The average molecular weight is 255 g/mol. The standard InChI is InChI=1S/C14H19F2NO/c1-14(2)3-5-17(6-4-14)9-10-7-11(15)13(18)12(16)8-10/h7-8,18H,3-6,9H2,1-2H3. The maximum Gasteiger partial charge on any atom is 0.187 e. The van der Waals surface area contributed by atoms with E-state index in [2.05, 4.69) is 18.7 Å². The van der Waals surface area contributed by atoms with Crippen molar-refractivity contribution in [2.45, 2.75) is 33.2 Å². The predicted octanol–water partition coefficient (Wildman–Crippen LogP) is 3.29. The minimum Gasteiger partial charge on any atom is -0.503 e. The van der Waals surface area contributed by atoms with Crippen molar-refractivity contribution in [3.05, 3.63) is 29.3 Å². The fourth-order valence-corrected chi connectivity index (χ4v) is 2.28. The molecule has 0 aromatic heterocycles. The molecule has 2 rings (SSSR count). The van der Waals surface area contributed by atoms with Gasteiger partial charge in [0.05, 0.1) is 0 Å². The molecule has 1 saturated heterocycles. The summed E-state index contributed by atoms with van der Waals surface area (Å²) in [6, 6.07) is 2.41. The number of benzene rings is 1. The zero-order valence-electron chi connectivity index (χ0n) is 10.8. The van der Waals surface area contributed by atoms with Gasteiger partial charge in [0.2, 0.25) is 0 Å². The Labute approximate surface area is 106 Å². The summed E-state index contributed by atoms with van der Waals surface area (Å²) < 4.78 is 26.4. The second-order valence-electron chi connectivity index (χ2n) is 5.85. The molecule has 1 N–H and O–H groups in total. The van der Waals surface area contributed by atoms with Gasteiger partial charge in [-0.05, 0) is 49.0 Å². The van der Waals surface area contributed by atoms with E-state index in [1.807, 2.05) is 0 Å². The van der Waals surface area contributed by atoms with Gasteiger partial charge in [0.25, 0.3) is 0 Å². The molecule has 0 unspecified atom stereocenters. The molecule has 0 saturated carbocycles. The van der Waals surface area contributed by atoms with Crippen molar-refractivity contribution in [3.8, 4) is 5.75 Å². The Morgan fingerprint density at radius 3 is 2.17 bits per heavy atom. The third kappa shape index (κ3) is 2.99. The van der Waals surface area contributed by atoms with Crippen molar-refractivity contribution >= 4 is 0 Å². The summed E-state index contributed by atoms with van der Waals surface area (Å²) in [7, 11) is 0. The van der Waals surface area contributed by atoms with Gasteiger partial charge >= 0.3 is 0 Å². The number of phenolic OH excluding ortho intramolecular Hbond substituents is 1.